The number of hydrogen-bond donors (Lipinski definition) is 3. The Balaban J connectivity index is 1.88. The highest BCUT2D eigenvalue weighted by atomic mass is 127. The summed E-state index contributed by atoms with van der Waals surface area (Å²) in [5.41, 5.74) is 3.49. The lowest BCUT2D eigenvalue weighted by Gasteiger charge is -2.08. The van der Waals surface area contributed by atoms with Gasteiger partial charge < -0.3 is 19.9 Å². The van der Waals surface area contributed by atoms with Crippen LogP contribution in [-0.2, 0) is 9.59 Å². The molecule has 148 valence electrons. The second-order valence-electron chi connectivity index (χ2n) is 5.53. The zero-order chi connectivity index (χ0) is 20.5. The molecule has 0 aliphatic rings. The summed E-state index contributed by atoms with van der Waals surface area (Å²) in [6.07, 6.45) is 1.03. The van der Waals surface area contributed by atoms with Gasteiger partial charge in [-0.2, -0.15) is 5.10 Å². The number of carbonyl (C=O) groups is 2. The van der Waals surface area contributed by atoms with Crippen LogP contribution in [-0.4, -0.2) is 36.9 Å². The summed E-state index contributed by atoms with van der Waals surface area (Å²) in [6.45, 7) is 2.22. The molecule has 2 rings (SSSR count). The summed E-state index contributed by atoms with van der Waals surface area (Å²) >= 11 is 1.97. The van der Waals surface area contributed by atoms with Gasteiger partial charge in [-0.15, -0.1) is 0 Å². The Bertz CT molecular complexity index is 869. The number of hydrogen-bond acceptors (Lipinski definition) is 6. The first-order chi connectivity index (χ1) is 13.4. The van der Waals surface area contributed by atoms with Gasteiger partial charge in [0.05, 0.1) is 23.5 Å². The number of methoxy groups -OCH3 is 1. The minimum atomic E-state index is -0.555. The molecule has 8 nitrogen and oxygen atoms in total. The maximum atomic E-state index is 11.9. The Kier molecular flexibility index (Phi) is 8.05. The molecule has 0 aliphatic carbocycles. The normalized spacial score (nSPS) is 10.5. The van der Waals surface area contributed by atoms with Gasteiger partial charge in [0, 0.05) is 5.69 Å². The first-order valence-corrected chi connectivity index (χ1v) is 9.42. The minimum Gasteiger partial charge on any atom is -0.504 e. The molecule has 0 aliphatic heterocycles. The van der Waals surface area contributed by atoms with E-state index in [-0.39, 0.29) is 12.2 Å². The average Bonchev–Trinajstić information content (AvgIpc) is 2.66. The number of ether oxygens (including phenoxy) is 2. The van der Waals surface area contributed by atoms with Crippen molar-refractivity contribution in [2.75, 3.05) is 19.0 Å². The van der Waals surface area contributed by atoms with E-state index in [9.17, 15) is 14.7 Å². The van der Waals surface area contributed by atoms with Crippen LogP contribution in [0, 0.1) is 3.57 Å². The summed E-state index contributed by atoms with van der Waals surface area (Å²) < 4.78 is 11.0. The van der Waals surface area contributed by atoms with Gasteiger partial charge in [0.15, 0.2) is 11.5 Å². The molecule has 0 radical (unpaired) electrons. The number of halogens is 1. The molecule has 0 heterocycles. The van der Waals surface area contributed by atoms with Crippen LogP contribution < -0.4 is 20.2 Å². The third kappa shape index (κ3) is 6.41. The van der Waals surface area contributed by atoms with Crippen LogP contribution in [0.25, 0.3) is 0 Å². The molecule has 0 bridgehead atoms. The van der Waals surface area contributed by atoms with Gasteiger partial charge in [-0.3, -0.25) is 9.59 Å². The van der Waals surface area contributed by atoms with Gasteiger partial charge in [-0.25, -0.2) is 5.43 Å². The molecule has 0 aromatic heterocycles. The number of phenolic OH excluding ortho intramolecular Hbond substituents is 1. The molecular weight excluding hydrogens is 477 g/mol. The molecule has 9 heteroatoms. The number of hydrazone groups is 1. The molecule has 0 saturated carbocycles. The van der Waals surface area contributed by atoms with Gasteiger partial charge in [0.1, 0.15) is 12.2 Å². The highest BCUT2D eigenvalue weighted by Gasteiger charge is 2.10. The molecule has 3 N–H and O–H groups in total. The topological polar surface area (TPSA) is 109 Å². The second kappa shape index (κ2) is 10.5. The number of rotatable bonds is 8. The third-order valence-corrected chi connectivity index (χ3v) is 4.27. The third-order valence-electron chi connectivity index (χ3n) is 3.45. The molecule has 0 fully saturated rings. The predicted molar refractivity (Wildman–Crippen MR) is 114 cm³/mol. The van der Waals surface area contributed by atoms with Crippen molar-refractivity contribution in [1.29, 1.82) is 0 Å². The number of phenols is 1. The lowest BCUT2D eigenvalue weighted by molar-refractivity contribution is -0.126. The van der Waals surface area contributed by atoms with E-state index in [1.807, 2.05) is 29.5 Å². The molecule has 2 aromatic carbocycles. The Hall–Kier alpha value is -2.82. The van der Waals surface area contributed by atoms with Crippen molar-refractivity contribution in [2.45, 2.75) is 13.3 Å². The van der Waals surface area contributed by atoms with Gasteiger partial charge >= 0.3 is 0 Å². The molecule has 0 saturated heterocycles. The van der Waals surface area contributed by atoms with Gasteiger partial charge in [-0.1, -0.05) is 0 Å². The van der Waals surface area contributed by atoms with E-state index in [2.05, 4.69) is 15.8 Å². The van der Waals surface area contributed by atoms with Crippen molar-refractivity contribution < 1.29 is 24.2 Å². The monoisotopic (exact) mass is 497 g/mol. The summed E-state index contributed by atoms with van der Waals surface area (Å²) in [5, 5.41) is 16.4. The number of benzene rings is 2. The van der Waals surface area contributed by atoms with Crippen LogP contribution in [0.15, 0.2) is 41.5 Å². The minimum absolute atomic E-state index is 0.0545. The van der Waals surface area contributed by atoms with E-state index >= 15 is 0 Å². The Labute approximate surface area is 176 Å². The zero-order valence-corrected chi connectivity index (χ0v) is 17.5. The fourth-order valence-corrected chi connectivity index (χ4v) is 2.80. The fraction of sp³-hybridized carbons (Fsp3) is 0.211. The van der Waals surface area contributed by atoms with Crippen LogP contribution >= 0.6 is 22.6 Å². The smallest absolute Gasteiger partial charge is 0.249 e. The molecule has 2 aromatic rings. The molecule has 0 unspecified atom stereocenters. The van der Waals surface area contributed by atoms with Crippen molar-refractivity contribution in [3.8, 4) is 17.2 Å². The van der Waals surface area contributed by atoms with Crippen molar-refractivity contribution in [3.63, 3.8) is 0 Å². The van der Waals surface area contributed by atoms with E-state index in [0.717, 1.165) is 0 Å². The number of aromatic hydroxyl groups is 1. The first kappa shape index (κ1) is 21.5. The molecule has 28 heavy (non-hydrogen) atoms. The summed E-state index contributed by atoms with van der Waals surface area (Å²) in [6, 6.07) is 10.0. The predicted octanol–water partition coefficient (Wildman–Crippen LogP) is 2.88. The summed E-state index contributed by atoms with van der Waals surface area (Å²) in [7, 11) is 1.55. The van der Waals surface area contributed by atoms with Crippen LogP contribution in [0.4, 0.5) is 5.69 Å². The van der Waals surface area contributed by atoms with Crippen molar-refractivity contribution in [2.24, 2.45) is 5.10 Å². The lowest BCUT2D eigenvalue weighted by Crippen LogP contribution is -2.24. The first-order valence-electron chi connectivity index (χ1n) is 8.34. The molecular formula is C19H20IN3O5. The molecule has 0 atom stereocenters. The van der Waals surface area contributed by atoms with Crippen LogP contribution in [0.3, 0.4) is 0 Å². The number of nitrogens with one attached hydrogen (secondary N) is 2. The largest absolute Gasteiger partial charge is 0.504 e. The van der Waals surface area contributed by atoms with Crippen molar-refractivity contribution in [3.05, 3.63) is 45.5 Å². The van der Waals surface area contributed by atoms with E-state index in [4.69, 9.17) is 9.47 Å². The van der Waals surface area contributed by atoms with Crippen LogP contribution in [0.5, 0.6) is 17.2 Å². The second-order valence-corrected chi connectivity index (χ2v) is 6.69. The Morgan fingerprint density at radius 1 is 1.21 bits per heavy atom. The van der Waals surface area contributed by atoms with Gasteiger partial charge in [0.2, 0.25) is 11.8 Å². The summed E-state index contributed by atoms with van der Waals surface area (Å²) in [5.74, 6) is 0.0396. The fourth-order valence-electron chi connectivity index (χ4n) is 2.18. The van der Waals surface area contributed by atoms with Crippen molar-refractivity contribution >= 4 is 46.3 Å². The lowest BCUT2D eigenvalue weighted by atomic mass is 10.2. The van der Waals surface area contributed by atoms with E-state index < -0.39 is 11.8 Å². The van der Waals surface area contributed by atoms with Crippen molar-refractivity contribution in [1.82, 2.24) is 5.43 Å². The SMILES string of the molecule is CCOc1cc(C=NNC(=O)CC(=O)Nc2ccc(OC)cc2)cc(I)c1O. The van der Waals surface area contributed by atoms with E-state index in [1.165, 1.54) is 6.21 Å². The number of carbonyl (C=O) groups excluding carboxylic acids is 2. The maximum Gasteiger partial charge on any atom is 0.249 e. The zero-order valence-electron chi connectivity index (χ0n) is 15.4. The quantitative estimate of drug-likeness (QED) is 0.225. The number of anilines is 1. The molecule has 2 amide bonds. The Morgan fingerprint density at radius 2 is 1.93 bits per heavy atom. The van der Waals surface area contributed by atoms with Gasteiger partial charge in [0.25, 0.3) is 0 Å². The average molecular weight is 497 g/mol. The van der Waals surface area contributed by atoms with E-state index in [0.29, 0.717) is 32.9 Å². The van der Waals surface area contributed by atoms with E-state index in [1.54, 1.807) is 43.5 Å². The van der Waals surface area contributed by atoms with Gasteiger partial charge in [-0.05, 0) is 71.5 Å². The van der Waals surface area contributed by atoms with Crippen LogP contribution in [0.1, 0.15) is 18.9 Å². The maximum absolute atomic E-state index is 11.9. The Morgan fingerprint density at radius 3 is 2.57 bits per heavy atom. The standard InChI is InChI=1S/C19H20IN3O5/c1-3-28-16-9-12(8-15(20)19(16)26)11-21-23-18(25)10-17(24)22-13-4-6-14(27-2)7-5-13/h4-9,11,26H,3,10H2,1-2H3,(H,22,24)(H,23,25). The number of nitrogens with zero attached hydrogens (tertiary/aromatic N) is 1. The number of amides is 2. The highest BCUT2D eigenvalue weighted by molar-refractivity contribution is 14.1. The highest BCUT2D eigenvalue weighted by Crippen LogP contribution is 2.32. The molecule has 0 spiro atoms. The summed E-state index contributed by atoms with van der Waals surface area (Å²) in [4.78, 5) is 23.8. The van der Waals surface area contributed by atoms with Crippen LogP contribution in [0.2, 0.25) is 0 Å².